The van der Waals surface area contributed by atoms with Crippen LogP contribution in [-0.2, 0) is 6.54 Å². The van der Waals surface area contributed by atoms with E-state index >= 15 is 0 Å². The van der Waals surface area contributed by atoms with Gasteiger partial charge in [0.1, 0.15) is 0 Å². The van der Waals surface area contributed by atoms with E-state index in [9.17, 15) is 4.79 Å². The number of benzene rings is 1. The highest BCUT2D eigenvalue weighted by atomic mass is 16.3. The quantitative estimate of drug-likeness (QED) is 0.811. The minimum absolute atomic E-state index is 0.0304. The van der Waals surface area contributed by atoms with E-state index < -0.39 is 0 Å². The largest absolute Gasteiger partial charge is 0.396 e. The third-order valence-corrected chi connectivity index (χ3v) is 3.32. The fourth-order valence-electron chi connectivity index (χ4n) is 2.21. The number of urea groups is 1. The van der Waals surface area contributed by atoms with Crippen molar-refractivity contribution < 1.29 is 9.90 Å². The molecule has 4 nitrogen and oxygen atoms in total. The molecule has 2 rings (SSSR count). The van der Waals surface area contributed by atoms with Crippen LogP contribution in [0, 0.1) is 5.92 Å². The van der Waals surface area contributed by atoms with Gasteiger partial charge in [-0.1, -0.05) is 42.5 Å². The number of amides is 2. The molecular weight excluding hydrogens is 240 g/mol. The van der Waals surface area contributed by atoms with Gasteiger partial charge in [0.15, 0.2) is 0 Å². The summed E-state index contributed by atoms with van der Waals surface area (Å²) in [6.07, 6.45) is 4.69. The lowest BCUT2D eigenvalue weighted by atomic mass is 10.1. The maximum atomic E-state index is 12.0. The van der Waals surface area contributed by atoms with E-state index in [-0.39, 0.29) is 24.6 Å². The molecule has 0 unspecified atom stereocenters. The number of aliphatic hydroxyl groups excluding tert-OH is 1. The van der Waals surface area contributed by atoms with Gasteiger partial charge in [-0.05, 0) is 12.0 Å². The molecule has 0 aromatic heterocycles. The molecule has 2 atom stereocenters. The molecule has 1 aromatic carbocycles. The lowest BCUT2D eigenvalue weighted by Gasteiger charge is -2.21. The second-order valence-corrected chi connectivity index (χ2v) is 4.96. The number of carbonyl (C=O) groups is 1. The van der Waals surface area contributed by atoms with Crippen molar-refractivity contribution in [3.8, 4) is 0 Å². The molecule has 2 N–H and O–H groups in total. The second kappa shape index (κ2) is 6.38. The summed E-state index contributed by atoms with van der Waals surface area (Å²) in [6.45, 7) is 0.731. The van der Waals surface area contributed by atoms with Gasteiger partial charge in [0.2, 0.25) is 0 Å². The van der Waals surface area contributed by atoms with Crippen molar-refractivity contribution in [1.82, 2.24) is 10.2 Å². The van der Waals surface area contributed by atoms with Gasteiger partial charge in [-0.2, -0.15) is 0 Å². The molecule has 0 spiro atoms. The summed E-state index contributed by atoms with van der Waals surface area (Å²) < 4.78 is 0. The highest BCUT2D eigenvalue weighted by Crippen LogP contribution is 2.17. The van der Waals surface area contributed by atoms with Crippen molar-refractivity contribution in [2.45, 2.75) is 19.0 Å². The number of nitrogens with one attached hydrogen (secondary N) is 1. The van der Waals surface area contributed by atoms with Gasteiger partial charge in [0, 0.05) is 32.2 Å². The SMILES string of the molecule is CN(Cc1ccccc1)C(=O)N[C@@H]1C=C[C@H](CO)C1. The van der Waals surface area contributed by atoms with Crippen LogP contribution in [0.1, 0.15) is 12.0 Å². The maximum Gasteiger partial charge on any atom is 0.317 e. The molecule has 19 heavy (non-hydrogen) atoms. The van der Waals surface area contributed by atoms with Crippen LogP contribution in [0.3, 0.4) is 0 Å². The first-order chi connectivity index (χ1) is 9.19. The summed E-state index contributed by atoms with van der Waals surface area (Å²) in [6, 6.07) is 9.84. The Bertz CT molecular complexity index is 445. The summed E-state index contributed by atoms with van der Waals surface area (Å²) >= 11 is 0. The van der Waals surface area contributed by atoms with Crippen LogP contribution >= 0.6 is 0 Å². The lowest BCUT2D eigenvalue weighted by molar-refractivity contribution is 0.201. The normalized spacial score (nSPS) is 21.4. The molecule has 0 heterocycles. The fraction of sp³-hybridized carbons (Fsp3) is 0.400. The monoisotopic (exact) mass is 260 g/mol. The maximum absolute atomic E-state index is 12.0. The predicted octanol–water partition coefficient (Wildman–Crippen LogP) is 1.76. The van der Waals surface area contributed by atoms with Crippen molar-refractivity contribution in [3.05, 3.63) is 48.0 Å². The fourth-order valence-corrected chi connectivity index (χ4v) is 2.21. The first-order valence-electron chi connectivity index (χ1n) is 6.54. The lowest BCUT2D eigenvalue weighted by Crippen LogP contribution is -2.41. The van der Waals surface area contributed by atoms with Crippen LogP contribution in [0.5, 0.6) is 0 Å². The molecule has 102 valence electrons. The van der Waals surface area contributed by atoms with E-state index in [1.165, 1.54) is 0 Å². The van der Waals surface area contributed by atoms with Crippen LogP contribution in [0.2, 0.25) is 0 Å². The highest BCUT2D eigenvalue weighted by Gasteiger charge is 2.21. The van der Waals surface area contributed by atoms with E-state index in [1.54, 1.807) is 11.9 Å². The van der Waals surface area contributed by atoms with Crippen LogP contribution in [0.25, 0.3) is 0 Å². The van der Waals surface area contributed by atoms with Crippen LogP contribution in [-0.4, -0.2) is 35.7 Å². The standard InChI is InChI=1S/C15H20N2O2/c1-17(10-12-5-3-2-4-6-12)15(19)16-14-8-7-13(9-14)11-18/h2-8,13-14,18H,9-11H2,1H3,(H,16,19)/t13-,14+/m0/s1. The van der Waals surface area contributed by atoms with Gasteiger partial charge < -0.3 is 15.3 Å². The number of nitrogens with zero attached hydrogens (tertiary/aromatic N) is 1. The molecule has 0 saturated carbocycles. The molecule has 1 aliphatic carbocycles. The number of rotatable bonds is 4. The first-order valence-corrected chi connectivity index (χ1v) is 6.54. The minimum Gasteiger partial charge on any atom is -0.396 e. The van der Waals surface area contributed by atoms with E-state index in [2.05, 4.69) is 5.32 Å². The predicted molar refractivity (Wildman–Crippen MR) is 74.6 cm³/mol. The Morgan fingerprint density at radius 2 is 2.11 bits per heavy atom. The Kier molecular flexibility index (Phi) is 4.58. The molecule has 0 fully saturated rings. The molecule has 2 amide bonds. The Labute approximate surface area is 113 Å². The Morgan fingerprint density at radius 3 is 2.74 bits per heavy atom. The Morgan fingerprint density at radius 1 is 1.37 bits per heavy atom. The number of aliphatic hydroxyl groups is 1. The van der Waals surface area contributed by atoms with E-state index in [1.807, 2.05) is 42.5 Å². The van der Waals surface area contributed by atoms with Gasteiger partial charge in [0.25, 0.3) is 0 Å². The van der Waals surface area contributed by atoms with Gasteiger partial charge in [-0.3, -0.25) is 0 Å². The Balaban J connectivity index is 1.82. The summed E-state index contributed by atoms with van der Waals surface area (Å²) in [5, 5.41) is 12.0. The number of carbonyl (C=O) groups excluding carboxylic acids is 1. The van der Waals surface area contributed by atoms with Gasteiger partial charge >= 0.3 is 6.03 Å². The van der Waals surface area contributed by atoms with Gasteiger partial charge in [0.05, 0.1) is 0 Å². The summed E-state index contributed by atoms with van der Waals surface area (Å²) in [5.41, 5.74) is 1.11. The average Bonchev–Trinajstić information content (AvgIpc) is 2.87. The summed E-state index contributed by atoms with van der Waals surface area (Å²) in [4.78, 5) is 13.7. The molecule has 0 radical (unpaired) electrons. The van der Waals surface area contributed by atoms with Crippen molar-refractivity contribution in [2.75, 3.05) is 13.7 Å². The third kappa shape index (κ3) is 3.83. The number of hydrogen-bond donors (Lipinski definition) is 2. The Hall–Kier alpha value is -1.81. The zero-order valence-electron chi connectivity index (χ0n) is 11.1. The van der Waals surface area contributed by atoms with Gasteiger partial charge in [-0.25, -0.2) is 4.79 Å². The van der Waals surface area contributed by atoms with Crippen LogP contribution in [0.15, 0.2) is 42.5 Å². The summed E-state index contributed by atoms with van der Waals surface area (Å²) in [7, 11) is 1.78. The zero-order valence-corrected chi connectivity index (χ0v) is 11.1. The summed E-state index contributed by atoms with van der Waals surface area (Å²) in [5.74, 6) is 0.171. The molecular formula is C15H20N2O2. The van der Waals surface area contributed by atoms with Crippen molar-refractivity contribution in [1.29, 1.82) is 0 Å². The molecule has 0 bridgehead atoms. The van der Waals surface area contributed by atoms with E-state index in [0.29, 0.717) is 6.54 Å². The topological polar surface area (TPSA) is 52.6 Å². The molecule has 4 heteroatoms. The van der Waals surface area contributed by atoms with E-state index in [0.717, 1.165) is 12.0 Å². The second-order valence-electron chi connectivity index (χ2n) is 4.96. The molecule has 0 saturated heterocycles. The van der Waals surface area contributed by atoms with Crippen LogP contribution in [0.4, 0.5) is 4.79 Å². The zero-order chi connectivity index (χ0) is 13.7. The smallest absolute Gasteiger partial charge is 0.317 e. The average molecular weight is 260 g/mol. The molecule has 1 aliphatic rings. The van der Waals surface area contributed by atoms with E-state index in [4.69, 9.17) is 5.11 Å². The highest BCUT2D eigenvalue weighted by molar-refractivity contribution is 5.74. The van der Waals surface area contributed by atoms with Crippen molar-refractivity contribution in [3.63, 3.8) is 0 Å². The number of hydrogen-bond acceptors (Lipinski definition) is 2. The minimum atomic E-state index is -0.0860. The van der Waals surface area contributed by atoms with Gasteiger partial charge in [-0.15, -0.1) is 0 Å². The molecule has 0 aliphatic heterocycles. The molecule has 1 aromatic rings. The van der Waals surface area contributed by atoms with Crippen molar-refractivity contribution >= 4 is 6.03 Å². The van der Waals surface area contributed by atoms with Crippen molar-refractivity contribution in [2.24, 2.45) is 5.92 Å². The van der Waals surface area contributed by atoms with Crippen LogP contribution < -0.4 is 5.32 Å². The third-order valence-electron chi connectivity index (χ3n) is 3.32. The first kappa shape index (κ1) is 13.6.